The van der Waals surface area contributed by atoms with Crippen molar-refractivity contribution in [2.75, 3.05) is 30.7 Å². The highest BCUT2D eigenvalue weighted by Crippen LogP contribution is 2.23. The van der Waals surface area contributed by atoms with Gasteiger partial charge in [-0.2, -0.15) is 4.31 Å². The molecule has 0 unspecified atom stereocenters. The molecule has 0 fully saturated rings. The third-order valence-electron chi connectivity index (χ3n) is 4.26. The van der Waals surface area contributed by atoms with E-state index in [1.54, 1.807) is 13.8 Å². The normalized spacial score (nSPS) is 11.2. The first-order valence-electron chi connectivity index (χ1n) is 9.21. The summed E-state index contributed by atoms with van der Waals surface area (Å²) in [7, 11) is -3.70. The maximum atomic E-state index is 12.6. The lowest BCUT2D eigenvalue weighted by Gasteiger charge is -2.18. The van der Waals surface area contributed by atoms with Crippen LogP contribution >= 0.6 is 0 Å². The zero-order valence-corrected chi connectivity index (χ0v) is 17.7. The Bertz CT molecular complexity index is 1100. The molecule has 31 heavy (non-hydrogen) atoms. The van der Waals surface area contributed by atoms with E-state index >= 15 is 0 Å². The fraction of sp³-hybridized carbons (Fsp3) is 0.263. The second-order valence-electron chi connectivity index (χ2n) is 6.27. The molecule has 0 bridgehead atoms. The summed E-state index contributed by atoms with van der Waals surface area (Å²) in [6.45, 7) is 3.36. The maximum Gasteiger partial charge on any atom is 0.338 e. The largest absolute Gasteiger partial charge is 0.452 e. The zero-order chi connectivity index (χ0) is 23.2. The molecule has 0 saturated heterocycles. The Morgan fingerprint density at radius 3 is 2.45 bits per heavy atom. The summed E-state index contributed by atoms with van der Waals surface area (Å²) >= 11 is 0. The first-order chi connectivity index (χ1) is 14.6. The van der Waals surface area contributed by atoms with Crippen molar-refractivity contribution in [1.82, 2.24) is 4.31 Å². The molecule has 0 aliphatic carbocycles. The van der Waals surface area contributed by atoms with Crippen LogP contribution in [0.4, 0.5) is 17.1 Å². The second kappa shape index (κ2) is 10.00. The molecule has 0 aromatic heterocycles. The number of amides is 1. The molecule has 2 aromatic carbocycles. The van der Waals surface area contributed by atoms with Gasteiger partial charge in [0.15, 0.2) is 6.61 Å². The van der Waals surface area contributed by atoms with Gasteiger partial charge >= 0.3 is 5.97 Å². The molecular formula is C19H22N4O7S. The van der Waals surface area contributed by atoms with Crippen molar-refractivity contribution in [1.29, 1.82) is 0 Å². The van der Waals surface area contributed by atoms with Crippen LogP contribution in [0.1, 0.15) is 24.2 Å². The monoisotopic (exact) mass is 450 g/mol. The summed E-state index contributed by atoms with van der Waals surface area (Å²) in [5.41, 5.74) is 4.98. The van der Waals surface area contributed by atoms with E-state index in [2.05, 4.69) is 5.32 Å². The lowest BCUT2D eigenvalue weighted by atomic mass is 10.2. The number of benzene rings is 2. The molecule has 11 nitrogen and oxygen atoms in total. The average Bonchev–Trinajstić information content (AvgIpc) is 2.73. The van der Waals surface area contributed by atoms with Gasteiger partial charge in [0.05, 0.1) is 15.4 Å². The third-order valence-corrected chi connectivity index (χ3v) is 6.30. The predicted molar refractivity (Wildman–Crippen MR) is 113 cm³/mol. The molecule has 166 valence electrons. The van der Waals surface area contributed by atoms with E-state index in [1.165, 1.54) is 40.7 Å². The van der Waals surface area contributed by atoms with Crippen LogP contribution in [0.2, 0.25) is 0 Å². The van der Waals surface area contributed by atoms with Crippen LogP contribution in [0.5, 0.6) is 0 Å². The Labute approximate surface area is 179 Å². The second-order valence-corrected chi connectivity index (χ2v) is 8.21. The van der Waals surface area contributed by atoms with Crippen molar-refractivity contribution >= 4 is 39.0 Å². The fourth-order valence-corrected chi connectivity index (χ4v) is 4.19. The van der Waals surface area contributed by atoms with E-state index in [0.717, 1.165) is 6.07 Å². The number of nitrogen functional groups attached to an aromatic ring is 1. The number of nitro groups is 1. The van der Waals surface area contributed by atoms with Gasteiger partial charge in [0.1, 0.15) is 5.69 Å². The van der Waals surface area contributed by atoms with Crippen molar-refractivity contribution in [3.63, 3.8) is 0 Å². The molecule has 3 N–H and O–H groups in total. The third kappa shape index (κ3) is 5.77. The number of hydrogen-bond donors (Lipinski definition) is 2. The molecule has 1 amide bonds. The highest BCUT2D eigenvalue weighted by Gasteiger charge is 2.22. The van der Waals surface area contributed by atoms with Gasteiger partial charge in [-0.15, -0.1) is 0 Å². The number of esters is 1. The Hall–Kier alpha value is -3.51. The van der Waals surface area contributed by atoms with Crippen LogP contribution in [0.3, 0.4) is 0 Å². The van der Waals surface area contributed by atoms with Crippen molar-refractivity contribution in [2.45, 2.75) is 18.7 Å². The van der Waals surface area contributed by atoms with Crippen molar-refractivity contribution in [3.05, 3.63) is 58.1 Å². The number of hydrogen-bond acceptors (Lipinski definition) is 8. The number of ether oxygens (including phenoxy) is 1. The van der Waals surface area contributed by atoms with Crippen LogP contribution in [0.15, 0.2) is 47.4 Å². The number of sulfonamides is 1. The number of carbonyl (C=O) groups excluding carboxylic acids is 2. The van der Waals surface area contributed by atoms with Gasteiger partial charge in [-0.3, -0.25) is 14.9 Å². The molecule has 0 saturated carbocycles. The van der Waals surface area contributed by atoms with Gasteiger partial charge in [0, 0.05) is 24.8 Å². The molecule has 0 aliphatic heterocycles. The van der Waals surface area contributed by atoms with Gasteiger partial charge in [0.2, 0.25) is 10.0 Å². The molecule has 0 radical (unpaired) electrons. The highest BCUT2D eigenvalue weighted by molar-refractivity contribution is 7.89. The number of carbonyl (C=O) groups is 2. The van der Waals surface area contributed by atoms with Crippen LogP contribution in [-0.2, 0) is 19.6 Å². The molecule has 0 heterocycles. The summed E-state index contributed by atoms with van der Waals surface area (Å²) in [6.07, 6.45) is 0. The average molecular weight is 450 g/mol. The van der Waals surface area contributed by atoms with Crippen molar-refractivity contribution < 1.29 is 27.7 Å². The predicted octanol–water partition coefficient (Wildman–Crippen LogP) is 2.00. The Balaban J connectivity index is 2.05. The van der Waals surface area contributed by atoms with Crippen LogP contribution in [0, 0.1) is 10.1 Å². The van der Waals surface area contributed by atoms with E-state index in [9.17, 15) is 28.1 Å². The Kier molecular flexibility index (Phi) is 7.67. The molecule has 0 aliphatic rings. The van der Waals surface area contributed by atoms with Gasteiger partial charge < -0.3 is 15.8 Å². The maximum absolute atomic E-state index is 12.6. The fourth-order valence-electron chi connectivity index (χ4n) is 2.69. The highest BCUT2D eigenvalue weighted by atomic mass is 32.2. The smallest absolute Gasteiger partial charge is 0.338 e. The standard InChI is InChI=1S/C19H22N4O7S/c1-3-22(4-2)31(28,29)15-7-5-6-14(11-15)21-18(24)12-30-19(25)13-8-9-16(20)17(10-13)23(26)27/h5-11H,3-4,12,20H2,1-2H3,(H,21,24). The minimum absolute atomic E-state index is 0.0141. The SMILES string of the molecule is CCN(CC)S(=O)(=O)c1cccc(NC(=O)COC(=O)c2ccc(N)c([N+](=O)[O-])c2)c1. The van der Waals surface area contributed by atoms with Crippen molar-refractivity contribution in [2.24, 2.45) is 0 Å². The number of nitro benzene ring substituents is 1. The number of anilines is 2. The van der Waals surface area contributed by atoms with E-state index in [0.29, 0.717) is 13.1 Å². The van der Waals surface area contributed by atoms with E-state index in [4.69, 9.17) is 10.5 Å². The minimum Gasteiger partial charge on any atom is -0.452 e. The molecule has 12 heteroatoms. The van der Waals surface area contributed by atoms with Gasteiger partial charge in [-0.25, -0.2) is 13.2 Å². The van der Waals surface area contributed by atoms with E-state index in [-0.39, 0.29) is 21.8 Å². The number of rotatable bonds is 9. The summed E-state index contributed by atoms with van der Waals surface area (Å²) in [5, 5.41) is 13.4. The topological polar surface area (TPSA) is 162 Å². The quantitative estimate of drug-likeness (QED) is 0.254. The van der Waals surface area contributed by atoms with Crippen LogP contribution in [-0.4, -0.2) is 49.2 Å². The summed E-state index contributed by atoms with van der Waals surface area (Å²) in [6, 6.07) is 9.07. The minimum atomic E-state index is -3.70. The number of nitrogens with two attached hydrogens (primary N) is 1. The van der Waals surface area contributed by atoms with Crippen LogP contribution in [0.25, 0.3) is 0 Å². The first kappa shape index (κ1) is 23.8. The Morgan fingerprint density at radius 2 is 1.84 bits per heavy atom. The summed E-state index contributed by atoms with van der Waals surface area (Å²) < 4.78 is 31.3. The molecular weight excluding hydrogens is 428 g/mol. The lowest BCUT2D eigenvalue weighted by Crippen LogP contribution is -2.30. The Morgan fingerprint density at radius 1 is 1.16 bits per heavy atom. The number of nitrogens with one attached hydrogen (secondary N) is 1. The zero-order valence-electron chi connectivity index (χ0n) is 16.9. The number of nitrogens with zero attached hydrogens (tertiary/aromatic N) is 2. The van der Waals surface area contributed by atoms with Gasteiger partial charge in [-0.1, -0.05) is 19.9 Å². The summed E-state index contributed by atoms with van der Waals surface area (Å²) in [4.78, 5) is 34.4. The van der Waals surface area contributed by atoms with E-state index < -0.39 is 39.1 Å². The van der Waals surface area contributed by atoms with Crippen LogP contribution < -0.4 is 11.1 Å². The molecule has 0 atom stereocenters. The van der Waals surface area contributed by atoms with Gasteiger partial charge in [0.25, 0.3) is 11.6 Å². The summed E-state index contributed by atoms with van der Waals surface area (Å²) in [5.74, 6) is -1.66. The van der Waals surface area contributed by atoms with E-state index in [1.807, 2.05) is 0 Å². The van der Waals surface area contributed by atoms with Crippen molar-refractivity contribution in [3.8, 4) is 0 Å². The first-order valence-corrected chi connectivity index (χ1v) is 10.6. The lowest BCUT2D eigenvalue weighted by molar-refractivity contribution is -0.383. The molecule has 0 spiro atoms. The molecule has 2 aromatic rings. The molecule has 2 rings (SSSR count). The van der Waals surface area contributed by atoms with Gasteiger partial charge in [-0.05, 0) is 30.3 Å².